The highest BCUT2D eigenvalue weighted by atomic mass is 16.4. The number of carboxylic acid groups (broad SMARTS) is 1. The number of aliphatic hydroxyl groups excluding tert-OH is 1. The predicted molar refractivity (Wildman–Crippen MR) is 128 cm³/mol. The smallest absolute Gasteiger partial charge is 0.328 e. The first kappa shape index (κ1) is 29.6. The van der Waals surface area contributed by atoms with E-state index in [-0.39, 0.29) is 18.7 Å². The van der Waals surface area contributed by atoms with Gasteiger partial charge in [0.2, 0.25) is 23.6 Å². The summed E-state index contributed by atoms with van der Waals surface area (Å²) in [5.74, 6) is -4.15. The third kappa shape index (κ3) is 10.6. The number of nitrogens with one attached hydrogen (secondary N) is 4. The van der Waals surface area contributed by atoms with Crippen LogP contribution in [0.4, 0.5) is 0 Å². The van der Waals surface area contributed by atoms with Gasteiger partial charge in [0.1, 0.15) is 12.1 Å². The molecule has 0 saturated carbocycles. The first-order valence-electron chi connectivity index (χ1n) is 11.6. The summed E-state index contributed by atoms with van der Waals surface area (Å²) in [4.78, 5) is 60.7. The Kier molecular flexibility index (Phi) is 12.4. The molecule has 11 heteroatoms. The molecular formula is C24H36N4O7. The van der Waals surface area contributed by atoms with Crippen LogP contribution < -0.4 is 21.3 Å². The molecule has 11 nitrogen and oxygen atoms in total. The Morgan fingerprint density at radius 2 is 1.51 bits per heavy atom. The Morgan fingerprint density at radius 1 is 0.886 bits per heavy atom. The summed E-state index contributed by atoms with van der Waals surface area (Å²) in [6.07, 6.45) is -0.209. The first-order chi connectivity index (χ1) is 16.5. The van der Waals surface area contributed by atoms with Gasteiger partial charge in [-0.05, 0) is 24.8 Å². The van der Waals surface area contributed by atoms with Crippen molar-refractivity contribution in [3.8, 4) is 0 Å². The lowest BCUT2D eigenvalue weighted by Crippen LogP contribution is -2.56. The van der Waals surface area contributed by atoms with Crippen LogP contribution in [0.5, 0.6) is 0 Å². The van der Waals surface area contributed by atoms with E-state index in [1.54, 1.807) is 13.8 Å². The van der Waals surface area contributed by atoms with E-state index in [0.717, 1.165) is 5.56 Å². The molecule has 35 heavy (non-hydrogen) atoms. The molecule has 0 spiro atoms. The average molecular weight is 493 g/mol. The van der Waals surface area contributed by atoms with Crippen molar-refractivity contribution >= 4 is 29.6 Å². The maximum Gasteiger partial charge on any atom is 0.328 e. The van der Waals surface area contributed by atoms with Crippen molar-refractivity contribution in [3.05, 3.63) is 35.9 Å². The second kappa shape index (κ2) is 14.7. The molecule has 0 radical (unpaired) electrons. The lowest BCUT2D eigenvalue weighted by molar-refractivity contribution is -0.146. The van der Waals surface area contributed by atoms with E-state index in [1.165, 1.54) is 6.92 Å². The SMILES string of the molecule is CCCC(=O)N[C@@H](Cc1ccccc1)C(=O)NCC(=O)N[C@@H](C)C(=O)N[C@H](C(=O)O)C(O)C(C)C. The molecule has 6 N–H and O–H groups in total. The highest BCUT2D eigenvalue weighted by molar-refractivity contribution is 5.93. The van der Waals surface area contributed by atoms with Gasteiger partial charge in [-0.25, -0.2) is 4.79 Å². The standard InChI is InChI=1S/C24H36N4O7/c1-5-9-18(29)27-17(12-16-10-7-6-8-11-16)23(33)25-13-19(30)26-15(4)22(32)28-20(24(34)35)21(31)14(2)3/h6-8,10-11,14-15,17,20-21,31H,5,9,12-13H2,1-4H3,(H,25,33)(H,26,30)(H,27,29)(H,28,32)(H,34,35)/t15-,17-,20-,21?/m0/s1. The van der Waals surface area contributed by atoms with Crippen LogP contribution in [0.3, 0.4) is 0 Å². The summed E-state index contributed by atoms with van der Waals surface area (Å²) in [7, 11) is 0. The number of hydrogen-bond acceptors (Lipinski definition) is 6. The second-order valence-corrected chi connectivity index (χ2v) is 8.63. The molecule has 0 aliphatic rings. The molecule has 1 unspecified atom stereocenters. The zero-order chi connectivity index (χ0) is 26.5. The van der Waals surface area contributed by atoms with Crippen LogP contribution in [0.15, 0.2) is 30.3 Å². The molecule has 0 aliphatic heterocycles. The minimum absolute atomic E-state index is 0.233. The largest absolute Gasteiger partial charge is 0.480 e. The van der Waals surface area contributed by atoms with Crippen LogP contribution in [0, 0.1) is 5.92 Å². The normalized spacial score (nSPS) is 14.2. The van der Waals surface area contributed by atoms with E-state index in [1.807, 2.05) is 37.3 Å². The molecule has 1 aromatic rings. The highest BCUT2D eigenvalue weighted by Gasteiger charge is 2.32. The van der Waals surface area contributed by atoms with Crippen LogP contribution in [-0.4, -0.2) is 70.6 Å². The van der Waals surface area contributed by atoms with Gasteiger partial charge >= 0.3 is 5.97 Å². The summed E-state index contributed by atoms with van der Waals surface area (Å²) in [6, 6.07) is 5.55. The molecule has 4 amide bonds. The predicted octanol–water partition coefficient (Wildman–Crippen LogP) is -0.279. The molecule has 1 aromatic carbocycles. The van der Waals surface area contributed by atoms with E-state index < -0.39 is 60.4 Å². The van der Waals surface area contributed by atoms with Crippen molar-refractivity contribution in [2.75, 3.05) is 6.54 Å². The molecule has 0 fully saturated rings. The first-order valence-corrected chi connectivity index (χ1v) is 11.6. The van der Waals surface area contributed by atoms with E-state index in [0.29, 0.717) is 6.42 Å². The van der Waals surface area contributed by atoms with Crippen LogP contribution in [0.25, 0.3) is 0 Å². The third-order valence-electron chi connectivity index (χ3n) is 5.19. The fraction of sp³-hybridized carbons (Fsp3) is 0.542. The van der Waals surface area contributed by atoms with E-state index in [4.69, 9.17) is 0 Å². The quantitative estimate of drug-likeness (QED) is 0.207. The molecule has 0 bridgehead atoms. The molecular weight excluding hydrogens is 456 g/mol. The number of carboxylic acids is 1. The monoisotopic (exact) mass is 492 g/mol. The van der Waals surface area contributed by atoms with Gasteiger partial charge in [0.25, 0.3) is 0 Å². The van der Waals surface area contributed by atoms with Crippen molar-refractivity contribution in [2.24, 2.45) is 5.92 Å². The number of hydrogen-bond donors (Lipinski definition) is 6. The molecule has 194 valence electrons. The zero-order valence-electron chi connectivity index (χ0n) is 20.5. The van der Waals surface area contributed by atoms with Crippen molar-refractivity contribution in [1.29, 1.82) is 0 Å². The second-order valence-electron chi connectivity index (χ2n) is 8.63. The third-order valence-corrected chi connectivity index (χ3v) is 5.19. The Balaban J connectivity index is 2.68. The maximum atomic E-state index is 12.7. The summed E-state index contributed by atoms with van der Waals surface area (Å²) in [5, 5.41) is 29.0. The fourth-order valence-electron chi connectivity index (χ4n) is 3.16. The van der Waals surface area contributed by atoms with E-state index >= 15 is 0 Å². The minimum atomic E-state index is -1.54. The number of carbonyl (C=O) groups is 5. The molecule has 0 saturated heterocycles. The number of aliphatic hydroxyl groups is 1. The molecule has 0 aromatic heterocycles. The Morgan fingerprint density at radius 3 is 2.06 bits per heavy atom. The summed E-state index contributed by atoms with van der Waals surface area (Å²) in [5.41, 5.74) is 0.829. The molecule has 1 rings (SSSR count). The Bertz CT molecular complexity index is 876. The van der Waals surface area contributed by atoms with Crippen molar-refractivity contribution in [2.45, 2.75) is 71.2 Å². The van der Waals surface area contributed by atoms with E-state index in [9.17, 15) is 34.2 Å². The number of rotatable bonds is 14. The topological polar surface area (TPSA) is 174 Å². The Hall–Kier alpha value is -3.47. The van der Waals surface area contributed by atoms with Crippen molar-refractivity contribution in [1.82, 2.24) is 21.3 Å². The highest BCUT2D eigenvalue weighted by Crippen LogP contribution is 2.07. The molecule has 0 aliphatic carbocycles. The van der Waals surface area contributed by atoms with Gasteiger partial charge < -0.3 is 31.5 Å². The number of carbonyl (C=O) groups excluding carboxylic acids is 4. The lowest BCUT2D eigenvalue weighted by atomic mass is 9.99. The number of benzene rings is 1. The van der Waals surface area contributed by atoms with Gasteiger partial charge in [-0.1, -0.05) is 51.1 Å². The lowest BCUT2D eigenvalue weighted by Gasteiger charge is -2.25. The Labute approximate surface area is 205 Å². The minimum Gasteiger partial charge on any atom is -0.480 e. The van der Waals surface area contributed by atoms with E-state index in [2.05, 4.69) is 21.3 Å². The summed E-state index contributed by atoms with van der Waals surface area (Å²) >= 11 is 0. The van der Waals surface area contributed by atoms with Crippen LogP contribution in [-0.2, 0) is 30.4 Å². The van der Waals surface area contributed by atoms with Gasteiger partial charge in [0.05, 0.1) is 12.6 Å². The number of aliphatic carboxylic acids is 1. The maximum absolute atomic E-state index is 12.7. The molecule has 0 heterocycles. The van der Waals surface area contributed by atoms with Crippen LogP contribution in [0.2, 0.25) is 0 Å². The van der Waals surface area contributed by atoms with Crippen LogP contribution in [0.1, 0.15) is 46.1 Å². The summed E-state index contributed by atoms with van der Waals surface area (Å²) < 4.78 is 0. The molecule has 4 atom stereocenters. The van der Waals surface area contributed by atoms with Crippen molar-refractivity contribution < 1.29 is 34.2 Å². The average Bonchev–Trinajstić information content (AvgIpc) is 2.80. The zero-order valence-corrected chi connectivity index (χ0v) is 20.5. The van der Waals surface area contributed by atoms with Gasteiger partial charge in [0.15, 0.2) is 6.04 Å². The van der Waals surface area contributed by atoms with Gasteiger partial charge in [-0.15, -0.1) is 0 Å². The number of amides is 4. The van der Waals surface area contributed by atoms with Crippen LogP contribution >= 0.6 is 0 Å². The van der Waals surface area contributed by atoms with Crippen molar-refractivity contribution in [3.63, 3.8) is 0 Å². The summed E-state index contributed by atoms with van der Waals surface area (Å²) in [6.45, 7) is 5.95. The van der Waals surface area contributed by atoms with Gasteiger partial charge in [-0.3, -0.25) is 19.2 Å². The van der Waals surface area contributed by atoms with Gasteiger partial charge in [0, 0.05) is 12.8 Å². The fourth-order valence-corrected chi connectivity index (χ4v) is 3.16. The van der Waals surface area contributed by atoms with Gasteiger partial charge in [-0.2, -0.15) is 0 Å².